The van der Waals surface area contributed by atoms with Gasteiger partial charge in [-0.25, -0.2) is 9.97 Å². The molecule has 1 atom stereocenters. The van der Waals surface area contributed by atoms with Crippen molar-refractivity contribution in [3.63, 3.8) is 0 Å². The van der Waals surface area contributed by atoms with Crippen molar-refractivity contribution in [1.82, 2.24) is 14.5 Å². The van der Waals surface area contributed by atoms with Crippen LogP contribution in [0.2, 0.25) is 0 Å². The fraction of sp³-hybridized carbons (Fsp3) is 0.478. The van der Waals surface area contributed by atoms with E-state index in [0.29, 0.717) is 24.4 Å². The number of aryl methyl sites for hydroxylation is 2. The molecule has 0 bridgehead atoms. The lowest BCUT2D eigenvalue weighted by atomic mass is 10.0. The van der Waals surface area contributed by atoms with Gasteiger partial charge in [-0.3, -0.25) is 0 Å². The van der Waals surface area contributed by atoms with E-state index in [4.69, 9.17) is 19.4 Å². The SMILES string of the molecule is CC[C@@H](COC)n1cc(C)c2nc(-c3ccc(C(C)C)nc3OC)c(C)cc21. The molecule has 0 aliphatic rings. The Hall–Kier alpha value is -2.40. The van der Waals surface area contributed by atoms with Crippen LogP contribution in [0, 0.1) is 13.8 Å². The molecule has 0 radical (unpaired) electrons. The molecule has 0 aromatic carbocycles. The summed E-state index contributed by atoms with van der Waals surface area (Å²) in [5, 5.41) is 0. The summed E-state index contributed by atoms with van der Waals surface area (Å²) in [6, 6.07) is 6.67. The molecular weight excluding hydrogens is 350 g/mol. The van der Waals surface area contributed by atoms with Crippen LogP contribution in [-0.2, 0) is 4.74 Å². The van der Waals surface area contributed by atoms with Crippen LogP contribution in [-0.4, -0.2) is 35.4 Å². The van der Waals surface area contributed by atoms with Gasteiger partial charge in [0.25, 0.3) is 0 Å². The molecule has 0 N–H and O–H groups in total. The number of rotatable bonds is 7. The highest BCUT2D eigenvalue weighted by Gasteiger charge is 2.19. The molecule has 3 aromatic rings. The summed E-state index contributed by atoms with van der Waals surface area (Å²) in [4.78, 5) is 9.74. The first-order valence-corrected chi connectivity index (χ1v) is 9.94. The quantitative estimate of drug-likeness (QED) is 0.546. The maximum absolute atomic E-state index is 5.61. The van der Waals surface area contributed by atoms with Crippen molar-refractivity contribution in [3.8, 4) is 17.1 Å². The van der Waals surface area contributed by atoms with Crippen molar-refractivity contribution in [1.29, 1.82) is 0 Å². The van der Waals surface area contributed by atoms with Gasteiger partial charge in [0.1, 0.15) is 0 Å². The smallest absolute Gasteiger partial charge is 0.222 e. The Labute approximate surface area is 167 Å². The molecule has 150 valence electrons. The second-order valence-corrected chi connectivity index (χ2v) is 7.71. The lowest BCUT2D eigenvalue weighted by Crippen LogP contribution is -2.13. The molecule has 28 heavy (non-hydrogen) atoms. The third-order valence-corrected chi connectivity index (χ3v) is 5.32. The number of methoxy groups -OCH3 is 2. The molecule has 3 aromatic heterocycles. The van der Waals surface area contributed by atoms with E-state index in [2.05, 4.69) is 63.6 Å². The molecule has 0 fully saturated rings. The Kier molecular flexibility index (Phi) is 6.04. The summed E-state index contributed by atoms with van der Waals surface area (Å²) in [7, 11) is 3.42. The minimum atomic E-state index is 0.301. The van der Waals surface area contributed by atoms with Crippen LogP contribution in [0.1, 0.15) is 56.0 Å². The minimum absolute atomic E-state index is 0.301. The fourth-order valence-corrected chi connectivity index (χ4v) is 3.70. The van der Waals surface area contributed by atoms with Crippen LogP contribution in [0.15, 0.2) is 24.4 Å². The standard InChI is InChI=1S/C23H31N3O2/c1-8-17(13-27-6)26-12-16(5)22-20(26)11-15(4)21(25-22)18-9-10-19(14(2)3)24-23(18)28-7/h9-12,14,17H,8,13H2,1-7H3/t17-/m0/s1. The molecule has 0 saturated carbocycles. The highest BCUT2D eigenvalue weighted by atomic mass is 16.5. The molecule has 5 heteroatoms. The van der Waals surface area contributed by atoms with Gasteiger partial charge in [-0.15, -0.1) is 0 Å². The number of fused-ring (bicyclic) bond motifs is 1. The Morgan fingerprint density at radius 3 is 2.43 bits per heavy atom. The summed E-state index contributed by atoms with van der Waals surface area (Å²) in [5.74, 6) is 0.978. The third kappa shape index (κ3) is 3.63. The Morgan fingerprint density at radius 2 is 1.82 bits per heavy atom. The number of nitrogens with zero attached hydrogens (tertiary/aromatic N) is 3. The van der Waals surface area contributed by atoms with E-state index in [9.17, 15) is 0 Å². The number of pyridine rings is 2. The predicted molar refractivity (Wildman–Crippen MR) is 114 cm³/mol. The van der Waals surface area contributed by atoms with Gasteiger partial charge in [-0.05, 0) is 55.5 Å². The Morgan fingerprint density at radius 1 is 1.07 bits per heavy atom. The number of aromatic nitrogens is 3. The van der Waals surface area contributed by atoms with E-state index in [-0.39, 0.29) is 0 Å². The molecule has 0 unspecified atom stereocenters. The predicted octanol–water partition coefficient (Wildman–Crippen LogP) is 5.44. The molecule has 3 rings (SSSR count). The molecule has 0 spiro atoms. The van der Waals surface area contributed by atoms with Gasteiger partial charge in [0.15, 0.2) is 0 Å². The maximum atomic E-state index is 5.61. The van der Waals surface area contributed by atoms with Gasteiger partial charge in [0.05, 0.1) is 42.0 Å². The van der Waals surface area contributed by atoms with Crippen LogP contribution >= 0.6 is 0 Å². The zero-order valence-corrected chi connectivity index (χ0v) is 18.0. The second kappa shape index (κ2) is 8.31. The normalized spacial score (nSPS) is 12.7. The minimum Gasteiger partial charge on any atom is -0.480 e. The Bertz CT molecular complexity index is 976. The number of hydrogen-bond donors (Lipinski definition) is 0. The van der Waals surface area contributed by atoms with Crippen molar-refractivity contribution in [2.45, 2.75) is 53.0 Å². The first-order chi connectivity index (χ1) is 13.4. The molecule has 0 amide bonds. The van der Waals surface area contributed by atoms with E-state index >= 15 is 0 Å². The van der Waals surface area contributed by atoms with E-state index in [1.807, 2.05) is 0 Å². The van der Waals surface area contributed by atoms with Crippen molar-refractivity contribution in [3.05, 3.63) is 41.2 Å². The lowest BCUT2D eigenvalue weighted by Gasteiger charge is -2.18. The fourth-order valence-electron chi connectivity index (χ4n) is 3.70. The summed E-state index contributed by atoms with van der Waals surface area (Å²) in [5.41, 5.74) is 7.31. The topological polar surface area (TPSA) is 49.2 Å². The third-order valence-electron chi connectivity index (χ3n) is 5.32. The largest absolute Gasteiger partial charge is 0.480 e. The summed E-state index contributed by atoms with van der Waals surface area (Å²) < 4.78 is 13.3. The van der Waals surface area contributed by atoms with Gasteiger partial charge >= 0.3 is 0 Å². The van der Waals surface area contributed by atoms with Gasteiger partial charge in [-0.1, -0.05) is 20.8 Å². The van der Waals surface area contributed by atoms with Crippen molar-refractivity contribution >= 4 is 11.0 Å². The van der Waals surface area contributed by atoms with Gasteiger partial charge in [0.2, 0.25) is 5.88 Å². The van der Waals surface area contributed by atoms with E-state index in [1.54, 1.807) is 14.2 Å². The highest BCUT2D eigenvalue weighted by molar-refractivity contribution is 5.85. The second-order valence-electron chi connectivity index (χ2n) is 7.71. The maximum Gasteiger partial charge on any atom is 0.222 e. The van der Waals surface area contributed by atoms with Crippen LogP contribution in [0.4, 0.5) is 0 Å². The van der Waals surface area contributed by atoms with Gasteiger partial charge in [-0.2, -0.15) is 0 Å². The van der Waals surface area contributed by atoms with Gasteiger partial charge < -0.3 is 14.0 Å². The first-order valence-electron chi connectivity index (χ1n) is 9.94. The van der Waals surface area contributed by atoms with Crippen LogP contribution in [0.3, 0.4) is 0 Å². The van der Waals surface area contributed by atoms with E-state index in [0.717, 1.165) is 45.5 Å². The van der Waals surface area contributed by atoms with Crippen LogP contribution in [0.25, 0.3) is 22.3 Å². The van der Waals surface area contributed by atoms with Gasteiger partial charge in [0, 0.05) is 19.0 Å². The molecule has 0 aliphatic carbocycles. The highest BCUT2D eigenvalue weighted by Crippen LogP contribution is 2.34. The molecule has 5 nitrogen and oxygen atoms in total. The van der Waals surface area contributed by atoms with Crippen molar-refractivity contribution in [2.24, 2.45) is 0 Å². The summed E-state index contributed by atoms with van der Waals surface area (Å²) >= 11 is 0. The van der Waals surface area contributed by atoms with Crippen molar-refractivity contribution < 1.29 is 9.47 Å². The average molecular weight is 382 g/mol. The average Bonchev–Trinajstić information content (AvgIpc) is 3.00. The zero-order valence-electron chi connectivity index (χ0n) is 18.0. The summed E-state index contributed by atoms with van der Waals surface area (Å²) in [6.45, 7) is 11.4. The van der Waals surface area contributed by atoms with Crippen LogP contribution in [0.5, 0.6) is 5.88 Å². The van der Waals surface area contributed by atoms with Crippen LogP contribution < -0.4 is 4.74 Å². The Balaban J connectivity index is 2.17. The molecule has 3 heterocycles. The van der Waals surface area contributed by atoms with E-state index in [1.165, 1.54) is 0 Å². The molecular formula is C23H31N3O2. The monoisotopic (exact) mass is 381 g/mol. The number of ether oxygens (including phenoxy) is 2. The van der Waals surface area contributed by atoms with E-state index < -0.39 is 0 Å². The number of hydrogen-bond acceptors (Lipinski definition) is 4. The lowest BCUT2D eigenvalue weighted by molar-refractivity contribution is 0.155. The van der Waals surface area contributed by atoms with Crippen molar-refractivity contribution in [2.75, 3.05) is 20.8 Å². The zero-order chi connectivity index (χ0) is 20.4. The molecule has 0 saturated heterocycles. The molecule has 0 aliphatic heterocycles. The first kappa shape index (κ1) is 20.3. The summed E-state index contributed by atoms with van der Waals surface area (Å²) in [6.07, 6.45) is 3.19.